The second-order valence-corrected chi connectivity index (χ2v) is 12.8. The van der Waals surface area contributed by atoms with Gasteiger partial charge in [-0.1, -0.05) is 129 Å². The van der Waals surface area contributed by atoms with E-state index in [2.05, 4.69) is 33.9 Å². The molecule has 0 saturated carbocycles. The zero-order valence-electron chi connectivity index (χ0n) is 22.0. The van der Waals surface area contributed by atoms with Gasteiger partial charge in [0.05, 0.1) is 0 Å². The van der Waals surface area contributed by atoms with Gasteiger partial charge >= 0.3 is 8.56 Å². The molecule has 0 radical (unpaired) electrons. The molecule has 0 aromatic carbocycles. The Morgan fingerprint density at radius 3 is 1.45 bits per heavy atom. The maximum Gasteiger partial charge on any atom is 0.361 e. The molecule has 3 heteroatoms. The van der Waals surface area contributed by atoms with Gasteiger partial charge in [0.2, 0.25) is 0 Å². The summed E-state index contributed by atoms with van der Waals surface area (Å²) in [4.78, 5) is 0. The molecule has 0 bridgehead atoms. The van der Waals surface area contributed by atoms with Gasteiger partial charge in [-0.25, -0.2) is 0 Å². The van der Waals surface area contributed by atoms with E-state index in [1.165, 1.54) is 116 Å². The first-order valence-electron chi connectivity index (χ1n) is 14.0. The summed E-state index contributed by atoms with van der Waals surface area (Å²) in [7, 11) is -2.19. The van der Waals surface area contributed by atoms with Crippen LogP contribution in [0.15, 0.2) is 12.3 Å². The van der Waals surface area contributed by atoms with Gasteiger partial charge in [-0.15, -0.1) is 6.58 Å². The van der Waals surface area contributed by atoms with Crippen molar-refractivity contribution in [3.63, 3.8) is 0 Å². The summed E-state index contributed by atoms with van der Waals surface area (Å²) in [5, 5.41) is 0. The van der Waals surface area contributed by atoms with E-state index in [1.807, 2.05) is 5.70 Å². The Morgan fingerprint density at radius 1 is 0.645 bits per heavy atom. The number of hydrogen-bond donors (Lipinski definition) is 0. The Morgan fingerprint density at radius 2 is 1.03 bits per heavy atom. The Balaban J connectivity index is 3.44. The van der Waals surface area contributed by atoms with Crippen molar-refractivity contribution in [2.75, 3.05) is 6.61 Å². The van der Waals surface area contributed by atoms with E-state index in [1.54, 1.807) is 0 Å². The van der Waals surface area contributed by atoms with Crippen LogP contribution in [0.3, 0.4) is 0 Å². The summed E-state index contributed by atoms with van der Waals surface area (Å²) in [6.45, 7) is 13.7. The minimum absolute atomic E-state index is 0.284. The van der Waals surface area contributed by atoms with E-state index in [4.69, 9.17) is 8.85 Å². The lowest BCUT2D eigenvalue weighted by atomic mass is 10.0. The first kappa shape index (κ1) is 30.9. The highest BCUT2D eigenvalue weighted by atomic mass is 28.4. The van der Waals surface area contributed by atoms with E-state index < -0.39 is 8.56 Å². The molecule has 2 atom stereocenters. The van der Waals surface area contributed by atoms with Crippen LogP contribution in [-0.2, 0) is 8.85 Å². The van der Waals surface area contributed by atoms with Gasteiger partial charge < -0.3 is 8.85 Å². The maximum absolute atomic E-state index is 6.26. The number of hydrogen-bond acceptors (Lipinski definition) is 2. The first-order chi connectivity index (χ1) is 15.1. The molecule has 2 unspecified atom stereocenters. The molecular weight excluding hydrogens is 396 g/mol. The van der Waals surface area contributed by atoms with Crippen molar-refractivity contribution in [1.29, 1.82) is 0 Å². The van der Waals surface area contributed by atoms with Crippen LogP contribution in [0.2, 0.25) is 6.55 Å². The molecule has 0 amide bonds. The molecule has 0 N–H and O–H groups in total. The van der Waals surface area contributed by atoms with Crippen molar-refractivity contribution in [2.24, 2.45) is 0 Å². The summed E-state index contributed by atoms with van der Waals surface area (Å²) in [6, 6.07) is 0. The van der Waals surface area contributed by atoms with Gasteiger partial charge in [-0.05, 0) is 32.0 Å². The minimum atomic E-state index is -2.19. The fourth-order valence-electron chi connectivity index (χ4n) is 4.21. The highest BCUT2D eigenvalue weighted by Gasteiger charge is 2.29. The van der Waals surface area contributed by atoms with Crippen LogP contribution in [0, 0.1) is 0 Å². The average Bonchev–Trinajstić information content (AvgIpc) is 2.76. The van der Waals surface area contributed by atoms with Crippen LogP contribution in [-0.4, -0.2) is 21.3 Å². The molecule has 0 heterocycles. The van der Waals surface area contributed by atoms with Crippen molar-refractivity contribution in [3.05, 3.63) is 12.3 Å². The normalized spacial score (nSPS) is 14.5. The van der Waals surface area contributed by atoms with Crippen molar-refractivity contribution in [1.82, 2.24) is 0 Å². The summed E-state index contributed by atoms with van der Waals surface area (Å²) in [6.07, 6.45) is 27.6. The van der Waals surface area contributed by atoms with E-state index in [0.717, 1.165) is 19.4 Å². The van der Waals surface area contributed by atoms with Crippen LogP contribution in [0.1, 0.15) is 149 Å². The molecule has 31 heavy (non-hydrogen) atoms. The lowest BCUT2D eigenvalue weighted by Crippen LogP contribution is -2.40. The Kier molecular flexibility index (Phi) is 23.0. The van der Waals surface area contributed by atoms with Crippen LogP contribution < -0.4 is 0 Å². The highest BCUT2D eigenvalue weighted by molar-refractivity contribution is 6.71. The summed E-state index contributed by atoms with van der Waals surface area (Å²) in [5.74, 6) is 0. The molecule has 0 fully saturated rings. The van der Waals surface area contributed by atoms with Gasteiger partial charge in [0, 0.05) is 12.7 Å². The van der Waals surface area contributed by atoms with Gasteiger partial charge in [0.25, 0.3) is 0 Å². The molecular formula is C28H58O2Si. The average molecular weight is 455 g/mol. The molecule has 186 valence electrons. The minimum Gasteiger partial charge on any atom is -0.391 e. The van der Waals surface area contributed by atoms with Crippen molar-refractivity contribution >= 4 is 8.56 Å². The smallest absolute Gasteiger partial charge is 0.361 e. The standard InChI is InChI=1S/C28H58O2Si/c1-6-9-11-12-13-14-15-16-17-18-19-20-21-22-23-25-27-29-31(5,8-3)30-28(4)26-24-10-7-2/h8,28H,3,6-7,9-27H2,1-2,4-5H3. The molecule has 0 saturated heterocycles. The van der Waals surface area contributed by atoms with Gasteiger partial charge in [0.15, 0.2) is 0 Å². The maximum atomic E-state index is 6.26. The van der Waals surface area contributed by atoms with Gasteiger partial charge in [0.1, 0.15) is 0 Å². The van der Waals surface area contributed by atoms with E-state index in [9.17, 15) is 0 Å². The molecule has 0 aliphatic rings. The molecule has 0 aromatic heterocycles. The highest BCUT2D eigenvalue weighted by Crippen LogP contribution is 2.17. The Hall–Kier alpha value is -0.123. The van der Waals surface area contributed by atoms with Crippen molar-refractivity contribution < 1.29 is 8.85 Å². The van der Waals surface area contributed by atoms with E-state index in [0.29, 0.717) is 0 Å². The van der Waals surface area contributed by atoms with Crippen LogP contribution in [0.25, 0.3) is 0 Å². The fourth-order valence-corrected chi connectivity index (χ4v) is 5.95. The third-order valence-electron chi connectivity index (χ3n) is 6.41. The summed E-state index contributed by atoms with van der Waals surface area (Å²) < 4.78 is 12.4. The predicted octanol–water partition coefficient (Wildman–Crippen LogP) is 10.0. The second-order valence-electron chi connectivity index (χ2n) is 9.80. The van der Waals surface area contributed by atoms with Crippen molar-refractivity contribution in [3.8, 4) is 0 Å². The second kappa shape index (κ2) is 23.0. The monoisotopic (exact) mass is 454 g/mol. The van der Waals surface area contributed by atoms with Crippen LogP contribution in [0.4, 0.5) is 0 Å². The third-order valence-corrected chi connectivity index (χ3v) is 8.80. The van der Waals surface area contributed by atoms with Gasteiger partial charge in [-0.2, -0.15) is 0 Å². The molecule has 0 rings (SSSR count). The first-order valence-corrected chi connectivity index (χ1v) is 16.4. The molecule has 0 spiro atoms. The Labute approximate surface area is 198 Å². The third kappa shape index (κ3) is 21.5. The van der Waals surface area contributed by atoms with E-state index >= 15 is 0 Å². The molecule has 0 aromatic rings. The lowest BCUT2D eigenvalue weighted by molar-refractivity contribution is 0.126. The topological polar surface area (TPSA) is 18.5 Å². The SMILES string of the molecule is C=C[Si](C)(OCCCCCCCCCCCCCCCCCC)OC(C)CCCCC. The number of unbranched alkanes of at least 4 members (excludes halogenated alkanes) is 17. The van der Waals surface area contributed by atoms with Gasteiger partial charge in [-0.3, -0.25) is 0 Å². The molecule has 0 aliphatic carbocycles. The Bertz CT molecular complexity index is 374. The summed E-state index contributed by atoms with van der Waals surface area (Å²) in [5.41, 5.74) is 1.95. The fraction of sp³-hybridized carbons (Fsp3) is 0.929. The largest absolute Gasteiger partial charge is 0.391 e. The molecule has 0 aliphatic heterocycles. The molecule has 2 nitrogen and oxygen atoms in total. The predicted molar refractivity (Wildman–Crippen MR) is 142 cm³/mol. The quantitative estimate of drug-likeness (QED) is 0.101. The summed E-state index contributed by atoms with van der Waals surface area (Å²) >= 11 is 0. The van der Waals surface area contributed by atoms with E-state index in [-0.39, 0.29) is 6.10 Å². The zero-order valence-corrected chi connectivity index (χ0v) is 23.0. The zero-order chi connectivity index (χ0) is 23.0. The lowest BCUT2D eigenvalue weighted by Gasteiger charge is -2.27. The van der Waals surface area contributed by atoms with Crippen molar-refractivity contribution in [2.45, 2.75) is 162 Å². The van der Waals surface area contributed by atoms with Crippen LogP contribution >= 0.6 is 0 Å². The number of rotatable bonds is 25. The van der Waals surface area contributed by atoms with Crippen LogP contribution in [0.5, 0.6) is 0 Å².